The van der Waals surface area contributed by atoms with E-state index in [-0.39, 0.29) is 30.5 Å². The molecule has 11 nitrogen and oxygen atoms in total. The van der Waals surface area contributed by atoms with Crippen LogP contribution in [-0.4, -0.2) is 74.7 Å². The van der Waals surface area contributed by atoms with Crippen LogP contribution in [0.4, 0.5) is 0 Å². The number of fused-ring (bicyclic) bond motifs is 1. The number of Topliss-reactive ketones (excluding diaryl/α,β-unsaturated/α-hetero) is 1. The largest absolute Gasteiger partial charge is 0.493 e. The highest BCUT2D eigenvalue weighted by molar-refractivity contribution is 7.89. The van der Waals surface area contributed by atoms with E-state index in [1.165, 1.54) is 31.6 Å². The maximum Gasteiger partial charge on any atom is 0.262 e. The van der Waals surface area contributed by atoms with E-state index >= 15 is 0 Å². The first-order valence-corrected chi connectivity index (χ1v) is 15.9. The highest BCUT2D eigenvalue weighted by Gasteiger charge is 2.35. The summed E-state index contributed by atoms with van der Waals surface area (Å²) in [6, 6.07) is 8.25. The van der Waals surface area contributed by atoms with Gasteiger partial charge in [0.2, 0.25) is 5.91 Å². The molecule has 1 saturated heterocycles. The number of thiophene rings is 1. The van der Waals surface area contributed by atoms with Crippen LogP contribution in [0.5, 0.6) is 11.5 Å². The highest BCUT2D eigenvalue weighted by Crippen LogP contribution is 2.36. The second-order valence-electron chi connectivity index (χ2n) is 10.6. The molecule has 1 aliphatic rings. The van der Waals surface area contributed by atoms with Crippen molar-refractivity contribution < 1.29 is 32.3 Å². The van der Waals surface area contributed by atoms with Gasteiger partial charge in [-0.15, -0.1) is 11.3 Å². The number of amides is 2. The average Bonchev–Trinajstić information content (AvgIpc) is 3.28. The van der Waals surface area contributed by atoms with E-state index in [1.807, 2.05) is 13.8 Å². The minimum absolute atomic E-state index is 0.0734. The Morgan fingerprint density at radius 1 is 1.14 bits per heavy atom. The molecule has 2 N–H and O–H groups in total. The van der Waals surface area contributed by atoms with Gasteiger partial charge in [0, 0.05) is 23.0 Å². The van der Waals surface area contributed by atoms with Gasteiger partial charge in [-0.25, -0.2) is 13.4 Å². The first kappa shape index (κ1) is 31.4. The number of nitrogens with one attached hydrogen (secondary N) is 2. The number of carbonyl (C=O) groups is 3. The van der Waals surface area contributed by atoms with Gasteiger partial charge in [-0.1, -0.05) is 19.9 Å². The van der Waals surface area contributed by atoms with Crippen molar-refractivity contribution in [1.82, 2.24) is 19.9 Å². The van der Waals surface area contributed by atoms with Crippen LogP contribution >= 0.6 is 11.3 Å². The number of pyridine rings is 1. The van der Waals surface area contributed by atoms with Crippen molar-refractivity contribution in [2.24, 2.45) is 5.92 Å². The predicted molar refractivity (Wildman–Crippen MR) is 160 cm³/mol. The summed E-state index contributed by atoms with van der Waals surface area (Å²) in [5, 5.41) is 6.30. The van der Waals surface area contributed by atoms with Crippen LogP contribution in [0.2, 0.25) is 0 Å². The zero-order valence-corrected chi connectivity index (χ0v) is 25.9. The summed E-state index contributed by atoms with van der Waals surface area (Å²) in [5.41, 5.74) is 0.552. The first-order valence-electron chi connectivity index (χ1n) is 13.7. The maximum atomic E-state index is 13.4. The predicted octanol–water partition coefficient (Wildman–Crippen LogP) is 3.31. The van der Waals surface area contributed by atoms with E-state index < -0.39 is 39.7 Å². The third-order valence-corrected chi connectivity index (χ3v) is 9.82. The van der Waals surface area contributed by atoms with Crippen LogP contribution < -0.4 is 20.1 Å². The molecule has 13 heteroatoms. The van der Waals surface area contributed by atoms with Gasteiger partial charge in [0.05, 0.1) is 31.7 Å². The molecule has 2 aromatic heterocycles. The minimum atomic E-state index is -3.97. The molecule has 2 atom stereocenters. The standard InChI is InChI=1S/C29H36N4O7S2/c1-17(2)12-21(32-29(36)26-14-19-13-23(39-4)24(40-5)15-25(19)41-26)28(35)31-20-9-7-11-33(16-22(20)34)42(37,38)27-10-6-8-18(3)30-27/h6,8,10,13-15,17,20-21H,7,9,11-12,16H2,1-5H3,(H,31,35)(H,32,36)/t20?,21-/m0/s1. The van der Waals surface area contributed by atoms with Gasteiger partial charge in [-0.2, -0.15) is 4.31 Å². The zero-order valence-electron chi connectivity index (χ0n) is 24.3. The van der Waals surface area contributed by atoms with Crippen LogP contribution in [0.15, 0.2) is 41.4 Å². The molecule has 0 aliphatic carbocycles. The Kier molecular flexibility index (Phi) is 9.85. The van der Waals surface area contributed by atoms with Crippen molar-refractivity contribution >= 4 is 49.0 Å². The van der Waals surface area contributed by atoms with Crippen molar-refractivity contribution in [1.29, 1.82) is 0 Å². The monoisotopic (exact) mass is 616 g/mol. The van der Waals surface area contributed by atoms with Crippen molar-refractivity contribution in [3.8, 4) is 11.5 Å². The first-order chi connectivity index (χ1) is 19.9. The third kappa shape index (κ3) is 7.08. The molecule has 0 radical (unpaired) electrons. The number of aromatic nitrogens is 1. The van der Waals surface area contributed by atoms with Gasteiger partial charge in [-0.3, -0.25) is 14.4 Å². The van der Waals surface area contributed by atoms with Crippen molar-refractivity contribution in [2.45, 2.75) is 57.1 Å². The summed E-state index contributed by atoms with van der Waals surface area (Å²) in [5.74, 6) is -0.156. The number of methoxy groups -OCH3 is 2. The number of sulfonamides is 1. The Balaban J connectivity index is 1.46. The molecular weight excluding hydrogens is 580 g/mol. The molecule has 1 unspecified atom stereocenters. The van der Waals surface area contributed by atoms with Crippen molar-refractivity contribution in [2.75, 3.05) is 27.3 Å². The highest BCUT2D eigenvalue weighted by atomic mass is 32.2. The molecule has 1 aliphatic heterocycles. The van der Waals surface area contributed by atoms with Crippen LogP contribution in [0.25, 0.3) is 10.1 Å². The molecule has 3 aromatic rings. The zero-order chi connectivity index (χ0) is 30.6. The van der Waals surface area contributed by atoms with Crippen LogP contribution in [0, 0.1) is 12.8 Å². The molecule has 1 fully saturated rings. The van der Waals surface area contributed by atoms with Crippen molar-refractivity contribution in [3.63, 3.8) is 0 Å². The number of nitrogens with zero attached hydrogens (tertiary/aromatic N) is 2. The minimum Gasteiger partial charge on any atom is -0.493 e. The lowest BCUT2D eigenvalue weighted by molar-refractivity contribution is -0.129. The van der Waals surface area contributed by atoms with Crippen LogP contribution in [0.3, 0.4) is 0 Å². The second-order valence-corrected chi connectivity index (χ2v) is 13.6. The van der Waals surface area contributed by atoms with E-state index in [0.29, 0.717) is 34.9 Å². The Morgan fingerprint density at radius 3 is 2.52 bits per heavy atom. The lowest BCUT2D eigenvalue weighted by atomic mass is 10.0. The SMILES string of the molecule is COc1cc2cc(C(=O)N[C@@H](CC(C)C)C(=O)NC3CCCN(S(=O)(=O)c4cccc(C)n4)CC3=O)sc2cc1OC. The lowest BCUT2D eigenvalue weighted by Crippen LogP contribution is -2.52. The lowest BCUT2D eigenvalue weighted by Gasteiger charge is -2.23. The molecule has 226 valence electrons. The summed E-state index contributed by atoms with van der Waals surface area (Å²) in [6.45, 7) is 5.31. The summed E-state index contributed by atoms with van der Waals surface area (Å²) in [7, 11) is -0.899. The number of benzene rings is 1. The van der Waals surface area contributed by atoms with Gasteiger partial charge >= 0.3 is 0 Å². The van der Waals surface area contributed by atoms with E-state index in [4.69, 9.17) is 9.47 Å². The summed E-state index contributed by atoms with van der Waals surface area (Å²) >= 11 is 1.27. The summed E-state index contributed by atoms with van der Waals surface area (Å²) in [4.78, 5) is 44.3. The Hall–Kier alpha value is -3.55. The van der Waals surface area contributed by atoms with Crippen molar-refractivity contribution in [3.05, 3.63) is 47.0 Å². The number of carbonyl (C=O) groups excluding carboxylic acids is 3. The Morgan fingerprint density at radius 2 is 1.86 bits per heavy atom. The van der Waals surface area contributed by atoms with Gasteiger partial charge in [0.25, 0.3) is 15.9 Å². The van der Waals surface area contributed by atoms with Crippen LogP contribution in [0.1, 0.15) is 48.5 Å². The van der Waals surface area contributed by atoms with Crippen LogP contribution in [-0.2, 0) is 19.6 Å². The smallest absolute Gasteiger partial charge is 0.262 e. The Bertz CT molecular complexity index is 1540. The molecule has 42 heavy (non-hydrogen) atoms. The van der Waals surface area contributed by atoms with E-state index in [2.05, 4.69) is 15.6 Å². The molecule has 0 saturated carbocycles. The molecule has 2 amide bonds. The molecule has 0 spiro atoms. The number of ketones is 1. The van der Waals surface area contributed by atoms with Gasteiger partial charge in [0.15, 0.2) is 22.3 Å². The number of ether oxygens (including phenoxy) is 2. The molecule has 1 aromatic carbocycles. The fourth-order valence-electron chi connectivity index (χ4n) is 4.83. The third-order valence-electron chi connectivity index (χ3n) is 6.98. The number of hydrogen-bond acceptors (Lipinski definition) is 9. The fraction of sp³-hybridized carbons (Fsp3) is 0.448. The van der Waals surface area contributed by atoms with E-state index in [0.717, 1.165) is 14.4 Å². The maximum absolute atomic E-state index is 13.4. The summed E-state index contributed by atoms with van der Waals surface area (Å²) < 4.78 is 39.0. The quantitative estimate of drug-likeness (QED) is 0.353. The molecular formula is C29H36N4O7S2. The summed E-state index contributed by atoms with van der Waals surface area (Å²) in [6.07, 6.45) is 1.00. The second kappa shape index (κ2) is 13.2. The fourth-order valence-corrected chi connectivity index (χ4v) is 7.25. The van der Waals surface area contributed by atoms with Gasteiger partial charge in [0.1, 0.15) is 6.04 Å². The van der Waals surface area contributed by atoms with E-state index in [9.17, 15) is 22.8 Å². The number of aryl methyl sites for hydroxylation is 1. The average molecular weight is 617 g/mol. The van der Waals surface area contributed by atoms with E-state index in [1.54, 1.807) is 37.3 Å². The topological polar surface area (TPSA) is 144 Å². The normalized spacial score (nSPS) is 17.1. The van der Waals surface area contributed by atoms with Gasteiger partial charge < -0.3 is 20.1 Å². The molecule has 4 rings (SSSR count). The molecule has 0 bridgehead atoms. The van der Waals surface area contributed by atoms with Gasteiger partial charge in [-0.05, 0) is 61.8 Å². The number of hydrogen-bond donors (Lipinski definition) is 2. The Labute approximate surface area is 249 Å². The number of rotatable bonds is 10. The molecule has 3 heterocycles.